The number of hydrogen-bond donors (Lipinski definition) is 1. The molecule has 0 saturated heterocycles. The molecule has 0 aliphatic carbocycles. The number of unbranched alkanes of at least 4 members (excludes halogenated alkanes) is 1. The Morgan fingerprint density at radius 1 is 1.46 bits per heavy atom. The monoisotopic (exact) mass is 243 g/mol. The first-order valence-corrected chi connectivity index (χ1v) is 5.21. The molecule has 2 N–H and O–H groups in total. The Balaban J connectivity index is 2.53. The molecule has 1 rings (SSSR count). The van der Waals surface area contributed by atoms with Gasteiger partial charge in [-0.2, -0.15) is 0 Å². The fraction of sp³-hybridized carbons (Fsp3) is 0.400. The number of anilines is 1. The minimum Gasteiger partial charge on any atom is -0.494 e. The first-order chi connectivity index (χ1) is 6.24. The van der Waals surface area contributed by atoms with Crippen molar-refractivity contribution in [1.82, 2.24) is 0 Å². The van der Waals surface area contributed by atoms with Gasteiger partial charge in [-0.05, 0) is 40.5 Å². The minimum absolute atomic E-state index is 0.739. The van der Waals surface area contributed by atoms with Crippen molar-refractivity contribution in [2.45, 2.75) is 19.8 Å². The summed E-state index contributed by atoms with van der Waals surface area (Å²) in [5, 5.41) is 0. The first kappa shape index (κ1) is 10.4. The molecule has 0 radical (unpaired) electrons. The van der Waals surface area contributed by atoms with Crippen LogP contribution in [0.1, 0.15) is 19.8 Å². The van der Waals surface area contributed by atoms with Crippen LogP contribution in [0, 0.1) is 0 Å². The molecular weight excluding hydrogens is 230 g/mol. The third-order valence-electron chi connectivity index (χ3n) is 1.74. The van der Waals surface area contributed by atoms with Gasteiger partial charge in [0.05, 0.1) is 6.61 Å². The molecule has 3 heteroatoms. The Bertz CT molecular complexity index is 276. The second kappa shape index (κ2) is 5.12. The lowest BCUT2D eigenvalue weighted by Gasteiger charge is -2.06. The van der Waals surface area contributed by atoms with Gasteiger partial charge in [0.2, 0.25) is 0 Å². The summed E-state index contributed by atoms with van der Waals surface area (Å²) in [6.07, 6.45) is 2.23. The number of nitrogen functional groups attached to an aromatic ring is 1. The molecule has 0 unspecified atom stereocenters. The topological polar surface area (TPSA) is 35.2 Å². The van der Waals surface area contributed by atoms with E-state index in [9.17, 15) is 0 Å². The molecule has 0 aliphatic heterocycles. The largest absolute Gasteiger partial charge is 0.494 e. The van der Waals surface area contributed by atoms with Crippen molar-refractivity contribution in [3.8, 4) is 5.75 Å². The predicted molar refractivity (Wildman–Crippen MR) is 59.0 cm³/mol. The van der Waals surface area contributed by atoms with Gasteiger partial charge >= 0.3 is 0 Å². The van der Waals surface area contributed by atoms with E-state index in [1.807, 2.05) is 18.2 Å². The molecule has 0 fully saturated rings. The van der Waals surface area contributed by atoms with Crippen molar-refractivity contribution in [2.75, 3.05) is 12.3 Å². The van der Waals surface area contributed by atoms with Crippen LogP contribution in [0.15, 0.2) is 22.7 Å². The Morgan fingerprint density at radius 2 is 2.23 bits per heavy atom. The third-order valence-corrected chi connectivity index (χ3v) is 2.43. The fourth-order valence-corrected chi connectivity index (χ4v) is 1.29. The molecule has 0 amide bonds. The van der Waals surface area contributed by atoms with Crippen LogP contribution < -0.4 is 10.5 Å². The van der Waals surface area contributed by atoms with E-state index in [0.29, 0.717) is 0 Å². The Morgan fingerprint density at radius 3 is 2.85 bits per heavy atom. The lowest BCUT2D eigenvalue weighted by Crippen LogP contribution is -1.96. The van der Waals surface area contributed by atoms with Crippen molar-refractivity contribution in [2.24, 2.45) is 0 Å². The van der Waals surface area contributed by atoms with Crippen LogP contribution in [0.3, 0.4) is 0 Å². The van der Waals surface area contributed by atoms with Crippen LogP contribution in [0.25, 0.3) is 0 Å². The molecule has 0 heterocycles. The maximum absolute atomic E-state index is 5.64. The first-order valence-electron chi connectivity index (χ1n) is 4.42. The lowest BCUT2D eigenvalue weighted by atomic mass is 10.3. The van der Waals surface area contributed by atoms with Crippen LogP contribution in [0.4, 0.5) is 5.69 Å². The third kappa shape index (κ3) is 3.27. The van der Waals surface area contributed by atoms with E-state index in [-0.39, 0.29) is 0 Å². The number of rotatable bonds is 4. The van der Waals surface area contributed by atoms with E-state index < -0.39 is 0 Å². The summed E-state index contributed by atoms with van der Waals surface area (Å²) in [5.41, 5.74) is 6.38. The molecule has 0 saturated carbocycles. The average molecular weight is 244 g/mol. The molecule has 0 spiro atoms. The summed E-state index contributed by atoms with van der Waals surface area (Å²) in [6.45, 7) is 2.91. The molecule has 0 bridgehead atoms. The van der Waals surface area contributed by atoms with E-state index in [0.717, 1.165) is 35.4 Å². The molecule has 0 aliphatic rings. The smallest absolute Gasteiger partial charge is 0.120 e. The van der Waals surface area contributed by atoms with E-state index in [2.05, 4.69) is 22.9 Å². The lowest BCUT2D eigenvalue weighted by molar-refractivity contribution is 0.309. The predicted octanol–water partition coefficient (Wildman–Crippen LogP) is 3.21. The van der Waals surface area contributed by atoms with Gasteiger partial charge in [0.1, 0.15) is 5.75 Å². The number of nitrogens with two attached hydrogens (primary N) is 1. The summed E-state index contributed by atoms with van der Waals surface area (Å²) in [4.78, 5) is 0. The van der Waals surface area contributed by atoms with Gasteiger partial charge in [-0.25, -0.2) is 0 Å². The highest BCUT2D eigenvalue weighted by Gasteiger charge is 1.97. The van der Waals surface area contributed by atoms with Gasteiger partial charge in [-0.1, -0.05) is 13.3 Å². The molecule has 0 atom stereocenters. The normalized spacial score (nSPS) is 10.0. The SMILES string of the molecule is CCCCOc1ccc(N)c(Br)c1. The maximum atomic E-state index is 5.64. The van der Waals surface area contributed by atoms with Crippen LogP contribution in [-0.4, -0.2) is 6.61 Å². The van der Waals surface area contributed by atoms with Gasteiger partial charge < -0.3 is 10.5 Å². The van der Waals surface area contributed by atoms with Crippen molar-refractivity contribution < 1.29 is 4.74 Å². The van der Waals surface area contributed by atoms with Crippen LogP contribution in [0.5, 0.6) is 5.75 Å². The zero-order valence-corrected chi connectivity index (χ0v) is 9.30. The Labute approximate surface area is 87.2 Å². The summed E-state index contributed by atoms with van der Waals surface area (Å²) in [6, 6.07) is 5.62. The number of ether oxygens (including phenoxy) is 1. The van der Waals surface area contributed by atoms with Crippen molar-refractivity contribution >= 4 is 21.6 Å². The number of hydrogen-bond acceptors (Lipinski definition) is 2. The molecule has 0 aromatic heterocycles. The maximum Gasteiger partial charge on any atom is 0.120 e. The van der Waals surface area contributed by atoms with Gasteiger partial charge in [0, 0.05) is 10.2 Å². The van der Waals surface area contributed by atoms with Crippen molar-refractivity contribution in [3.05, 3.63) is 22.7 Å². The summed E-state index contributed by atoms with van der Waals surface area (Å²) < 4.78 is 6.39. The fourth-order valence-electron chi connectivity index (χ4n) is 0.932. The van der Waals surface area contributed by atoms with Crippen LogP contribution in [-0.2, 0) is 0 Å². The molecule has 72 valence electrons. The standard InChI is InChI=1S/C10H14BrNO/c1-2-3-6-13-8-4-5-10(12)9(11)7-8/h4-5,7H,2-3,6,12H2,1H3. The molecule has 1 aromatic carbocycles. The minimum atomic E-state index is 0.739. The molecule has 1 aromatic rings. The Kier molecular flexibility index (Phi) is 4.09. The summed E-state index contributed by atoms with van der Waals surface area (Å²) >= 11 is 3.35. The quantitative estimate of drug-likeness (QED) is 0.652. The van der Waals surface area contributed by atoms with Crippen LogP contribution >= 0.6 is 15.9 Å². The van der Waals surface area contributed by atoms with Crippen molar-refractivity contribution in [3.63, 3.8) is 0 Å². The summed E-state index contributed by atoms with van der Waals surface area (Å²) in [5.74, 6) is 0.870. The Hall–Kier alpha value is -0.700. The highest BCUT2D eigenvalue weighted by Crippen LogP contribution is 2.24. The highest BCUT2D eigenvalue weighted by molar-refractivity contribution is 9.10. The van der Waals surface area contributed by atoms with Gasteiger partial charge in [-0.15, -0.1) is 0 Å². The van der Waals surface area contributed by atoms with E-state index >= 15 is 0 Å². The van der Waals surface area contributed by atoms with E-state index in [1.165, 1.54) is 0 Å². The van der Waals surface area contributed by atoms with Crippen LogP contribution in [0.2, 0.25) is 0 Å². The van der Waals surface area contributed by atoms with Gasteiger partial charge in [0.15, 0.2) is 0 Å². The molecule has 2 nitrogen and oxygen atoms in total. The summed E-state index contributed by atoms with van der Waals surface area (Å²) in [7, 11) is 0. The molecular formula is C10H14BrNO. The second-order valence-corrected chi connectivity index (χ2v) is 3.74. The van der Waals surface area contributed by atoms with Gasteiger partial charge in [0.25, 0.3) is 0 Å². The highest BCUT2D eigenvalue weighted by atomic mass is 79.9. The van der Waals surface area contributed by atoms with E-state index in [4.69, 9.17) is 10.5 Å². The van der Waals surface area contributed by atoms with Crippen molar-refractivity contribution in [1.29, 1.82) is 0 Å². The van der Waals surface area contributed by atoms with Gasteiger partial charge in [-0.3, -0.25) is 0 Å². The van der Waals surface area contributed by atoms with E-state index in [1.54, 1.807) is 0 Å². The number of halogens is 1. The number of benzene rings is 1. The second-order valence-electron chi connectivity index (χ2n) is 2.89. The average Bonchev–Trinajstić information content (AvgIpc) is 2.12. The molecule has 13 heavy (non-hydrogen) atoms. The zero-order valence-electron chi connectivity index (χ0n) is 7.72. The zero-order chi connectivity index (χ0) is 9.68.